The summed E-state index contributed by atoms with van der Waals surface area (Å²) < 4.78 is 19.6. The summed E-state index contributed by atoms with van der Waals surface area (Å²) in [5, 5.41) is 32.1. The lowest BCUT2D eigenvalue weighted by Crippen LogP contribution is -2.64. The number of allylic oxidation sites excluding steroid dienone is 1. The van der Waals surface area contributed by atoms with Gasteiger partial charge in [-0.3, -0.25) is 4.79 Å². The minimum atomic E-state index is -1.75. The number of aliphatic hydroxyl groups excluding tert-OH is 3. The van der Waals surface area contributed by atoms with Gasteiger partial charge in [-0.05, 0) is 59.5 Å². The summed E-state index contributed by atoms with van der Waals surface area (Å²) in [7, 11) is 0. The van der Waals surface area contributed by atoms with Gasteiger partial charge >= 0.3 is 6.47 Å². The summed E-state index contributed by atoms with van der Waals surface area (Å²) in [5.41, 5.74) is -0.777. The standard InChI is InChI=1S/C21H36N2O7S2/c1-21(2,3)32(28)23(29-13-24)15-9-5-4-8-14(12-22-10-6-7-11-22)31-20-18(27)16(25)17(26)19(15)30-20/h4-5,13-20,25-27H,6-12H2,1-3H3/b5-4-/t14-,15+,16-,17+,18+,19+,20+,32?/m0/s1. The van der Waals surface area contributed by atoms with Crippen LogP contribution in [0, 0.1) is 0 Å². The van der Waals surface area contributed by atoms with E-state index in [1.165, 1.54) is 24.6 Å². The lowest BCUT2D eigenvalue weighted by molar-refractivity contribution is -0.229. The molecular formula is C21H36N2O7S2. The van der Waals surface area contributed by atoms with Crippen LogP contribution in [0.5, 0.6) is 0 Å². The van der Waals surface area contributed by atoms with E-state index in [1.54, 1.807) is 20.8 Å². The van der Waals surface area contributed by atoms with E-state index >= 15 is 0 Å². The van der Waals surface area contributed by atoms with Gasteiger partial charge in [0.15, 0.2) is 0 Å². The summed E-state index contributed by atoms with van der Waals surface area (Å²) in [4.78, 5) is 18.7. The van der Waals surface area contributed by atoms with Gasteiger partial charge in [0.1, 0.15) is 40.6 Å². The molecule has 184 valence electrons. The number of hydrogen-bond donors (Lipinski definition) is 3. The van der Waals surface area contributed by atoms with Crippen molar-refractivity contribution in [2.45, 2.75) is 92.3 Å². The van der Waals surface area contributed by atoms with Gasteiger partial charge in [0.25, 0.3) is 0 Å². The second kappa shape index (κ2) is 11.4. The number of thioether (sulfide) groups is 1. The largest absolute Gasteiger partial charge is 0.595 e. The van der Waals surface area contributed by atoms with Crippen LogP contribution in [0.25, 0.3) is 0 Å². The number of aliphatic hydroxyl groups is 3. The maximum absolute atomic E-state index is 13.1. The maximum Gasteiger partial charge on any atom is 0.318 e. The van der Waals surface area contributed by atoms with E-state index in [2.05, 4.69) is 4.90 Å². The summed E-state index contributed by atoms with van der Waals surface area (Å²) in [6, 6.07) is -0.813. The minimum absolute atomic E-state index is 0.148. The van der Waals surface area contributed by atoms with Gasteiger partial charge in [0.2, 0.25) is 0 Å². The third-order valence-electron chi connectivity index (χ3n) is 6.02. The number of nitrogens with zero attached hydrogens (tertiary/aromatic N) is 2. The Morgan fingerprint density at radius 3 is 2.47 bits per heavy atom. The predicted octanol–water partition coefficient (Wildman–Crippen LogP) is 0.562. The zero-order chi connectivity index (χ0) is 23.5. The molecule has 11 heteroatoms. The van der Waals surface area contributed by atoms with Crippen LogP contribution in [-0.4, -0.2) is 101 Å². The van der Waals surface area contributed by atoms with Crippen LogP contribution in [0.15, 0.2) is 12.2 Å². The first-order chi connectivity index (χ1) is 15.1. The van der Waals surface area contributed by atoms with Crippen molar-refractivity contribution in [1.29, 1.82) is 0 Å². The van der Waals surface area contributed by atoms with Gasteiger partial charge in [-0.25, -0.2) is 0 Å². The van der Waals surface area contributed by atoms with E-state index in [4.69, 9.17) is 9.57 Å². The van der Waals surface area contributed by atoms with Crippen molar-refractivity contribution in [3.8, 4) is 0 Å². The molecule has 0 aliphatic carbocycles. The minimum Gasteiger partial charge on any atom is -0.595 e. The summed E-state index contributed by atoms with van der Waals surface area (Å²) in [5.74, 6) is 0. The Labute approximate surface area is 197 Å². The second-order valence-corrected chi connectivity index (χ2v) is 13.1. The highest BCUT2D eigenvalue weighted by atomic mass is 32.2. The van der Waals surface area contributed by atoms with E-state index in [0.717, 1.165) is 30.5 Å². The van der Waals surface area contributed by atoms with Gasteiger partial charge in [0.05, 0.1) is 15.8 Å². The molecule has 0 aromatic heterocycles. The van der Waals surface area contributed by atoms with E-state index in [-0.39, 0.29) is 18.1 Å². The monoisotopic (exact) mass is 492 g/mol. The van der Waals surface area contributed by atoms with E-state index in [0.29, 0.717) is 0 Å². The fraction of sp³-hybridized carbons (Fsp3) is 0.857. The van der Waals surface area contributed by atoms with E-state index < -0.39 is 52.0 Å². The first kappa shape index (κ1) is 26.2. The molecule has 0 saturated carbocycles. The van der Waals surface area contributed by atoms with Crippen molar-refractivity contribution in [3.05, 3.63) is 12.2 Å². The molecule has 0 amide bonds. The number of hydrogen-bond acceptors (Lipinski definition) is 10. The average Bonchev–Trinajstić information content (AvgIpc) is 3.25. The number of hydroxylamine groups is 1. The molecule has 2 bridgehead atoms. The quantitative estimate of drug-likeness (QED) is 0.210. The first-order valence-electron chi connectivity index (χ1n) is 11.2. The van der Waals surface area contributed by atoms with Crippen LogP contribution in [-0.2, 0) is 25.7 Å². The number of rotatable bonds is 6. The highest BCUT2D eigenvalue weighted by Crippen LogP contribution is 2.38. The number of fused-ring (bicyclic) bond motifs is 2. The number of carbonyl (C=O) groups excluding carboxylic acids is 1. The zero-order valence-corrected chi connectivity index (χ0v) is 20.5. The molecule has 8 atom stereocenters. The fourth-order valence-electron chi connectivity index (χ4n) is 4.30. The Hall–Kier alpha value is -0.370. The molecule has 3 rings (SSSR count). The van der Waals surface area contributed by atoms with Crippen molar-refractivity contribution in [1.82, 2.24) is 9.37 Å². The Balaban J connectivity index is 1.88. The molecule has 3 aliphatic heterocycles. The van der Waals surface area contributed by atoms with Gasteiger partial charge in [-0.15, -0.1) is 11.8 Å². The Morgan fingerprint density at radius 1 is 1.19 bits per heavy atom. The summed E-state index contributed by atoms with van der Waals surface area (Å²) >= 11 is -0.309. The fourth-order valence-corrected chi connectivity index (χ4v) is 6.81. The lowest BCUT2D eigenvalue weighted by atomic mass is 9.93. The first-order valence-corrected chi connectivity index (χ1v) is 13.2. The molecule has 1 unspecified atom stereocenters. The van der Waals surface area contributed by atoms with Crippen molar-refractivity contribution >= 4 is 29.6 Å². The van der Waals surface area contributed by atoms with Crippen LogP contribution < -0.4 is 0 Å². The molecule has 3 heterocycles. The highest BCUT2D eigenvalue weighted by Gasteiger charge is 2.52. The number of likely N-dealkylation sites (tertiary alicyclic amines) is 1. The van der Waals surface area contributed by atoms with Crippen LogP contribution in [0.3, 0.4) is 0 Å². The van der Waals surface area contributed by atoms with Crippen LogP contribution in [0.4, 0.5) is 0 Å². The Morgan fingerprint density at radius 2 is 1.84 bits per heavy atom. The molecular weight excluding hydrogens is 456 g/mol. The van der Waals surface area contributed by atoms with Gasteiger partial charge in [-0.1, -0.05) is 12.2 Å². The average molecular weight is 493 g/mol. The molecule has 2 saturated heterocycles. The smallest absolute Gasteiger partial charge is 0.318 e. The SMILES string of the molecule is CC(C)(C)[S+]([O-])N(OC=O)[C@@H]1C/C=C\C[C@@H](CN2CCCC2)S[C@H]2O[C@H]1[C@H](O)[C@H](O)[C@H]2O. The molecule has 2 fully saturated rings. The van der Waals surface area contributed by atoms with Crippen molar-refractivity contribution in [3.63, 3.8) is 0 Å². The van der Waals surface area contributed by atoms with Crippen LogP contribution in [0.1, 0.15) is 46.5 Å². The zero-order valence-electron chi connectivity index (χ0n) is 18.9. The normalized spacial score (nSPS) is 38.9. The van der Waals surface area contributed by atoms with E-state index in [9.17, 15) is 24.7 Å². The third-order valence-corrected chi connectivity index (χ3v) is 9.14. The second-order valence-electron chi connectivity index (χ2n) is 9.57. The van der Waals surface area contributed by atoms with E-state index in [1.807, 2.05) is 12.2 Å². The topological polar surface area (TPSA) is 126 Å². The molecule has 0 spiro atoms. The van der Waals surface area contributed by atoms with Gasteiger partial charge < -0.3 is 34.3 Å². The van der Waals surface area contributed by atoms with Gasteiger partial charge in [-0.2, -0.15) is 0 Å². The molecule has 32 heavy (non-hydrogen) atoms. The molecule has 0 aromatic carbocycles. The maximum atomic E-state index is 13.1. The molecule has 9 nitrogen and oxygen atoms in total. The lowest BCUT2D eigenvalue weighted by Gasteiger charge is -2.46. The van der Waals surface area contributed by atoms with Crippen LogP contribution in [0.2, 0.25) is 0 Å². The summed E-state index contributed by atoms with van der Waals surface area (Å²) in [6.07, 6.45) is 2.17. The molecule has 3 aliphatic rings. The molecule has 3 N–H and O–H groups in total. The van der Waals surface area contributed by atoms with Crippen LogP contribution >= 0.6 is 11.8 Å². The number of carbonyl (C=O) groups is 1. The molecule has 0 radical (unpaired) electrons. The van der Waals surface area contributed by atoms with Crippen molar-refractivity contribution < 1.29 is 34.2 Å². The summed E-state index contributed by atoms with van der Waals surface area (Å²) in [6.45, 7) is 8.40. The predicted molar refractivity (Wildman–Crippen MR) is 123 cm³/mol. The van der Waals surface area contributed by atoms with Gasteiger partial charge in [0, 0.05) is 11.8 Å². The van der Waals surface area contributed by atoms with Crippen molar-refractivity contribution in [2.24, 2.45) is 0 Å². The Bertz CT molecular complexity index is 644. The number of ether oxygens (including phenoxy) is 1. The van der Waals surface area contributed by atoms with Crippen molar-refractivity contribution in [2.75, 3.05) is 19.6 Å². The Kier molecular flexibility index (Phi) is 9.32. The molecule has 0 aromatic rings. The highest BCUT2D eigenvalue weighted by molar-refractivity contribution is 8.00. The third kappa shape index (κ3) is 6.19.